The number of hydrogen-bond acceptors (Lipinski definition) is 5. The van der Waals surface area contributed by atoms with E-state index in [4.69, 9.17) is 4.74 Å². The summed E-state index contributed by atoms with van der Waals surface area (Å²) in [5, 5.41) is 11.2. The van der Waals surface area contributed by atoms with Crippen LogP contribution in [0.4, 0.5) is 5.82 Å². The number of hydrogen-bond donors (Lipinski definition) is 1. The number of thiophene rings is 1. The summed E-state index contributed by atoms with van der Waals surface area (Å²) in [7, 11) is 0. The summed E-state index contributed by atoms with van der Waals surface area (Å²) in [6.45, 7) is 5.83. The predicted molar refractivity (Wildman–Crippen MR) is 110 cm³/mol. The molecule has 28 heavy (non-hydrogen) atoms. The fourth-order valence-electron chi connectivity index (χ4n) is 2.54. The van der Waals surface area contributed by atoms with E-state index in [1.54, 1.807) is 4.68 Å². The van der Waals surface area contributed by atoms with Gasteiger partial charge in [-0.25, -0.2) is 4.68 Å². The Morgan fingerprint density at radius 1 is 1.18 bits per heavy atom. The van der Waals surface area contributed by atoms with E-state index in [2.05, 4.69) is 31.2 Å². The van der Waals surface area contributed by atoms with Crippen molar-refractivity contribution in [1.29, 1.82) is 0 Å². The van der Waals surface area contributed by atoms with Gasteiger partial charge < -0.3 is 10.1 Å². The number of para-hydroxylation sites is 1. The second-order valence-corrected chi connectivity index (χ2v) is 8.21. The highest BCUT2D eigenvalue weighted by Crippen LogP contribution is 2.26. The number of amides is 1. The van der Waals surface area contributed by atoms with Crippen LogP contribution in [0.15, 0.2) is 53.2 Å². The third-order valence-corrected chi connectivity index (χ3v) is 4.77. The lowest BCUT2D eigenvalue weighted by atomic mass is 9.92. The Bertz CT molecular complexity index is 941. The van der Waals surface area contributed by atoms with Crippen molar-refractivity contribution in [1.82, 2.24) is 9.78 Å². The number of aromatic nitrogens is 2. The molecule has 0 saturated carbocycles. The molecule has 6 nitrogen and oxygen atoms in total. The predicted octanol–water partition coefficient (Wildman–Crippen LogP) is 3.96. The monoisotopic (exact) mass is 397 g/mol. The molecule has 3 aromatic rings. The third-order valence-electron chi connectivity index (χ3n) is 4.04. The summed E-state index contributed by atoms with van der Waals surface area (Å²) < 4.78 is 6.78. The van der Waals surface area contributed by atoms with Crippen molar-refractivity contribution in [2.75, 3.05) is 11.9 Å². The lowest BCUT2D eigenvalue weighted by Crippen LogP contribution is -2.22. The maximum atomic E-state index is 12.3. The zero-order chi connectivity index (χ0) is 20.1. The standard InChI is InChI=1S/C21H23N3O3S/c1-21(2,3)17-12-18(24(23-17)16-7-5-4-6-8-16)22-19(25)13-27-20(26)11-15-9-10-28-14-15/h4-10,12,14H,11,13H2,1-3H3,(H,22,25). The van der Waals surface area contributed by atoms with Gasteiger partial charge in [0.15, 0.2) is 6.61 Å². The summed E-state index contributed by atoms with van der Waals surface area (Å²) in [6, 6.07) is 13.3. The molecule has 0 aliphatic rings. The molecule has 0 spiro atoms. The lowest BCUT2D eigenvalue weighted by molar-refractivity contribution is -0.146. The number of rotatable bonds is 6. The molecular weight excluding hydrogens is 374 g/mol. The molecule has 0 atom stereocenters. The van der Waals surface area contributed by atoms with Gasteiger partial charge in [0.2, 0.25) is 0 Å². The number of carbonyl (C=O) groups excluding carboxylic acids is 2. The number of anilines is 1. The highest BCUT2D eigenvalue weighted by molar-refractivity contribution is 7.08. The molecule has 1 N–H and O–H groups in total. The lowest BCUT2D eigenvalue weighted by Gasteiger charge is -2.14. The van der Waals surface area contributed by atoms with Crippen LogP contribution in [-0.2, 0) is 26.2 Å². The van der Waals surface area contributed by atoms with E-state index in [0.29, 0.717) is 5.82 Å². The molecule has 1 aromatic carbocycles. The van der Waals surface area contributed by atoms with Gasteiger partial charge >= 0.3 is 5.97 Å². The fraction of sp³-hybridized carbons (Fsp3) is 0.286. The Kier molecular flexibility index (Phi) is 5.94. The minimum Gasteiger partial charge on any atom is -0.455 e. The zero-order valence-electron chi connectivity index (χ0n) is 16.1. The number of ether oxygens (including phenoxy) is 1. The van der Waals surface area contributed by atoms with Crippen molar-refractivity contribution in [2.45, 2.75) is 32.6 Å². The van der Waals surface area contributed by atoms with Crippen LogP contribution in [0.2, 0.25) is 0 Å². The number of nitrogens with zero attached hydrogens (tertiary/aromatic N) is 2. The summed E-state index contributed by atoms with van der Waals surface area (Å²) in [6.07, 6.45) is 0.160. The van der Waals surface area contributed by atoms with E-state index >= 15 is 0 Å². The molecule has 0 fully saturated rings. The van der Waals surface area contributed by atoms with Crippen LogP contribution in [0.5, 0.6) is 0 Å². The smallest absolute Gasteiger partial charge is 0.310 e. The van der Waals surface area contributed by atoms with Crippen molar-refractivity contribution in [3.8, 4) is 5.69 Å². The number of esters is 1. The first-order valence-corrected chi connectivity index (χ1v) is 9.90. The van der Waals surface area contributed by atoms with E-state index in [-0.39, 0.29) is 18.4 Å². The van der Waals surface area contributed by atoms with Crippen LogP contribution < -0.4 is 5.32 Å². The molecule has 2 heterocycles. The first kappa shape index (κ1) is 19.8. The van der Waals surface area contributed by atoms with Gasteiger partial charge in [-0.05, 0) is 34.5 Å². The second kappa shape index (κ2) is 8.39. The van der Waals surface area contributed by atoms with E-state index in [1.165, 1.54) is 11.3 Å². The molecule has 1 amide bonds. The van der Waals surface area contributed by atoms with E-state index in [1.807, 2.05) is 53.2 Å². The maximum absolute atomic E-state index is 12.3. The molecule has 2 aromatic heterocycles. The average Bonchev–Trinajstić information content (AvgIpc) is 3.30. The topological polar surface area (TPSA) is 73.2 Å². The Morgan fingerprint density at radius 2 is 1.93 bits per heavy atom. The molecular formula is C21H23N3O3S. The summed E-state index contributed by atoms with van der Waals surface area (Å²) in [4.78, 5) is 24.2. The summed E-state index contributed by atoms with van der Waals surface area (Å²) in [5.41, 5.74) is 2.39. The van der Waals surface area contributed by atoms with E-state index in [9.17, 15) is 9.59 Å². The Balaban J connectivity index is 1.69. The molecule has 0 bridgehead atoms. The summed E-state index contributed by atoms with van der Waals surface area (Å²) >= 11 is 1.51. The Morgan fingerprint density at radius 3 is 2.57 bits per heavy atom. The molecule has 7 heteroatoms. The molecule has 0 saturated heterocycles. The fourth-order valence-corrected chi connectivity index (χ4v) is 3.21. The highest BCUT2D eigenvalue weighted by Gasteiger charge is 2.21. The number of benzene rings is 1. The molecule has 3 rings (SSSR count). The summed E-state index contributed by atoms with van der Waals surface area (Å²) in [5.74, 6) is -0.299. The van der Waals surface area contributed by atoms with Crippen molar-refractivity contribution in [3.05, 3.63) is 64.5 Å². The van der Waals surface area contributed by atoms with E-state index < -0.39 is 11.9 Å². The van der Waals surface area contributed by atoms with Crippen LogP contribution in [0.25, 0.3) is 5.69 Å². The Labute approximate surface area is 168 Å². The van der Waals surface area contributed by atoms with E-state index in [0.717, 1.165) is 16.9 Å². The second-order valence-electron chi connectivity index (χ2n) is 7.43. The van der Waals surface area contributed by atoms with Gasteiger partial charge in [0.1, 0.15) is 5.82 Å². The van der Waals surface area contributed by atoms with Crippen LogP contribution in [0.1, 0.15) is 32.0 Å². The van der Waals surface area contributed by atoms with Crippen LogP contribution >= 0.6 is 11.3 Å². The van der Waals surface area contributed by atoms with Crippen molar-refractivity contribution in [3.63, 3.8) is 0 Å². The molecule has 0 aliphatic carbocycles. The first-order valence-electron chi connectivity index (χ1n) is 8.95. The molecule has 0 radical (unpaired) electrons. The molecule has 0 unspecified atom stereocenters. The average molecular weight is 398 g/mol. The van der Waals surface area contributed by atoms with Gasteiger partial charge in [-0.1, -0.05) is 39.0 Å². The van der Waals surface area contributed by atoms with Crippen molar-refractivity contribution in [2.24, 2.45) is 0 Å². The first-order chi connectivity index (χ1) is 13.3. The SMILES string of the molecule is CC(C)(C)c1cc(NC(=O)COC(=O)Cc2ccsc2)n(-c2ccccc2)n1. The van der Waals surface area contributed by atoms with Gasteiger partial charge in [0.25, 0.3) is 5.91 Å². The van der Waals surface area contributed by atoms with Crippen molar-refractivity contribution >= 4 is 29.0 Å². The minimum absolute atomic E-state index is 0.160. The van der Waals surface area contributed by atoms with Gasteiger partial charge in [0, 0.05) is 11.5 Å². The van der Waals surface area contributed by atoms with Crippen molar-refractivity contribution < 1.29 is 14.3 Å². The number of nitrogens with one attached hydrogen (secondary N) is 1. The quantitative estimate of drug-likeness (QED) is 0.639. The van der Waals surface area contributed by atoms with Crippen LogP contribution in [-0.4, -0.2) is 28.3 Å². The van der Waals surface area contributed by atoms with Gasteiger partial charge in [-0.15, -0.1) is 0 Å². The molecule has 0 aliphatic heterocycles. The third kappa shape index (κ3) is 5.07. The van der Waals surface area contributed by atoms with Crippen LogP contribution in [0.3, 0.4) is 0 Å². The number of carbonyl (C=O) groups is 2. The van der Waals surface area contributed by atoms with Gasteiger partial charge in [-0.3, -0.25) is 9.59 Å². The highest BCUT2D eigenvalue weighted by atomic mass is 32.1. The van der Waals surface area contributed by atoms with Crippen LogP contribution in [0, 0.1) is 0 Å². The molecule has 146 valence electrons. The largest absolute Gasteiger partial charge is 0.455 e. The normalized spacial score (nSPS) is 11.2. The maximum Gasteiger partial charge on any atom is 0.310 e. The van der Waals surface area contributed by atoms with Gasteiger partial charge in [0.05, 0.1) is 17.8 Å². The zero-order valence-corrected chi connectivity index (χ0v) is 17.0. The minimum atomic E-state index is -0.430. The van der Waals surface area contributed by atoms with Gasteiger partial charge in [-0.2, -0.15) is 16.4 Å². The Hall–Kier alpha value is -2.93.